The van der Waals surface area contributed by atoms with Crippen LogP contribution in [0.3, 0.4) is 0 Å². The van der Waals surface area contributed by atoms with Gasteiger partial charge in [0.05, 0.1) is 22.6 Å². The van der Waals surface area contributed by atoms with Crippen molar-refractivity contribution in [1.82, 2.24) is 0 Å². The van der Waals surface area contributed by atoms with E-state index in [0.717, 1.165) is 0 Å². The molecule has 0 saturated heterocycles. The van der Waals surface area contributed by atoms with Gasteiger partial charge in [0.2, 0.25) is 15.9 Å². The van der Waals surface area contributed by atoms with Crippen LogP contribution < -0.4 is 20.5 Å². The number of carbonyl (C=O) groups is 1. The number of amides is 1. The molecule has 144 valence electrons. The molecule has 0 saturated carbocycles. The number of carbonyl (C=O) groups excluding carboxylic acids is 1. The van der Waals surface area contributed by atoms with Gasteiger partial charge in [-0.25, -0.2) is 13.6 Å². The third-order valence-corrected chi connectivity index (χ3v) is 4.54. The summed E-state index contributed by atoms with van der Waals surface area (Å²) in [5, 5.41) is 21.4. The summed E-state index contributed by atoms with van der Waals surface area (Å²) in [4.78, 5) is 22.6. The lowest BCUT2D eigenvalue weighted by atomic mass is 10.2. The van der Waals surface area contributed by atoms with Gasteiger partial charge in [0.1, 0.15) is 11.8 Å². The van der Waals surface area contributed by atoms with Crippen molar-refractivity contribution in [3.05, 3.63) is 52.6 Å². The summed E-state index contributed by atoms with van der Waals surface area (Å²) in [6.45, 7) is 1.58. The van der Waals surface area contributed by atoms with Crippen molar-refractivity contribution in [3.63, 3.8) is 0 Å². The van der Waals surface area contributed by atoms with E-state index in [0.29, 0.717) is 5.69 Å². The first kappa shape index (κ1) is 20.1. The third kappa shape index (κ3) is 5.15. The molecule has 0 aliphatic rings. The van der Waals surface area contributed by atoms with E-state index in [1.807, 2.05) is 0 Å². The highest BCUT2D eigenvalue weighted by Gasteiger charge is 2.18. The maximum absolute atomic E-state index is 12.4. The zero-order valence-corrected chi connectivity index (χ0v) is 15.3. The van der Waals surface area contributed by atoms with E-state index < -0.39 is 26.9 Å². The van der Waals surface area contributed by atoms with Crippen molar-refractivity contribution >= 4 is 33.0 Å². The van der Waals surface area contributed by atoms with E-state index in [-0.39, 0.29) is 22.0 Å². The number of anilines is 2. The lowest BCUT2D eigenvalue weighted by Gasteiger charge is -2.16. The largest absolute Gasteiger partial charge is 0.495 e. The number of non-ortho nitro benzene ring substituents is 1. The Morgan fingerprint density at radius 1 is 1.22 bits per heavy atom. The maximum Gasteiger partial charge on any atom is 0.271 e. The van der Waals surface area contributed by atoms with Crippen LogP contribution >= 0.6 is 0 Å². The Hall–Kier alpha value is -3.18. The summed E-state index contributed by atoms with van der Waals surface area (Å²) >= 11 is 0. The molecule has 4 N–H and O–H groups in total. The molecule has 11 heteroatoms. The Balaban J connectivity index is 2.12. The number of methoxy groups -OCH3 is 1. The maximum atomic E-state index is 12.4. The number of hydrogen-bond acceptors (Lipinski definition) is 7. The standard InChI is InChI=1S/C16H18N4O6S/c1-10(18-11-3-6-13(7-4-11)27(17,24)25)16(21)19-14-9-12(20(22)23)5-8-15(14)26-2/h3-10,18H,1-2H3,(H,19,21)(H2,17,24,25)/t10-/m1/s1. The van der Waals surface area contributed by atoms with E-state index in [4.69, 9.17) is 9.88 Å². The minimum Gasteiger partial charge on any atom is -0.495 e. The fourth-order valence-corrected chi connectivity index (χ4v) is 2.72. The van der Waals surface area contributed by atoms with E-state index >= 15 is 0 Å². The Labute approximate surface area is 155 Å². The minimum absolute atomic E-state index is 0.0495. The predicted molar refractivity (Wildman–Crippen MR) is 99.2 cm³/mol. The number of nitro groups is 1. The fourth-order valence-electron chi connectivity index (χ4n) is 2.20. The quantitative estimate of drug-likeness (QED) is 0.477. The highest BCUT2D eigenvalue weighted by Crippen LogP contribution is 2.29. The lowest BCUT2D eigenvalue weighted by molar-refractivity contribution is -0.384. The average Bonchev–Trinajstić information content (AvgIpc) is 2.61. The first-order valence-electron chi connectivity index (χ1n) is 7.64. The molecule has 0 fully saturated rings. The first-order valence-corrected chi connectivity index (χ1v) is 9.19. The second-order valence-corrected chi connectivity index (χ2v) is 7.13. The Morgan fingerprint density at radius 2 is 1.85 bits per heavy atom. The van der Waals surface area contributed by atoms with Gasteiger partial charge in [0.25, 0.3) is 5.69 Å². The zero-order valence-electron chi connectivity index (χ0n) is 14.5. The minimum atomic E-state index is -3.80. The van der Waals surface area contributed by atoms with Crippen LogP contribution in [0.1, 0.15) is 6.92 Å². The van der Waals surface area contributed by atoms with Crippen LogP contribution in [0.5, 0.6) is 5.75 Å². The summed E-state index contributed by atoms with van der Waals surface area (Å²) < 4.78 is 27.6. The van der Waals surface area contributed by atoms with Crippen molar-refractivity contribution in [2.75, 3.05) is 17.7 Å². The summed E-state index contributed by atoms with van der Waals surface area (Å²) in [5.74, 6) is -0.192. The Kier molecular flexibility index (Phi) is 5.98. The van der Waals surface area contributed by atoms with Crippen LogP contribution in [-0.2, 0) is 14.8 Å². The zero-order chi connectivity index (χ0) is 20.2. The van der Waals surface area contributed by atoms with Crippen LogP contribution in [0.4, 0.5) is 17.1 Å². The fraction of sp³-hybridized carbons (Fsp3) is 0.188. The van der Waals surface area contributed by atoms with Crippen molar-refractivity contribution in [3.8, 4) is 5.75 Å². The summed E-state index contributed by atoms with van der Waals surface area (Å²) in [5.41, 5.74) is 0.469. The van der Waals surface area contributed by atoms with Gasteiger partial charge in [-0.05, 0) is 37.3 Å². The molecule has 0 aliphatic heterocycles. The molecule has 27 heavy (non-hydrogen) atoms. The molecule has 0 aromatic heterocycles. The number of hydrogen-bond donors (Lipinski definition) is 3. The third-order valence-electron chi connectivity index (χ3n) is 3.61. The number of benzene rings is 2. The van der Waals surface area contributed by atoms with Crippen LogP contribution in [0, 0.1) is 10.1 Å². The van der Waals surface area contributed by atoms with E-state index in [9.17, 15) is 23.3 Å². The van der Waals surface area contributed by atoms with Gasteiger partial charge in [0.15, 0.2) is 0 Å². The molecule has 0 heterocycles. The van der Waals surface area contributed by atoms with Crippen molar-refractivity contribution < 1.29 is 22.9 Å². The second-order valence-electron chi connectivity index (χ2n) is 5.57. The molecule has 1 atom stereocenters. The molecule has 0 spiro atoms. The van der Waals surface area contributed by atoms with Crippen LogP contribution in [0.25, 0.3) is 0 Å². The number of sulfonamides is 1. The van der Waals surface area contributed by atoms with E-state index in [1.165, 1.54) is 49.6 Å². The normalized spacial score (nSPS) is 12.1. The molecule has 0 bridgehead atoms. The molecule has 2 rings (SSSR count). The van der Waals surface area contributed by atoms with E-state index in [2.05, 4.69) is 10.6 Å². The Morgan fingerprint density at radius 3 is 2.37 bits per heavy atom. The van der Waals surface area contributed by atoms with Gasteiger partial charge in [-0.3, -0.25) is 14.9 Å². The van der Waals surface area contributed by atoms with Crippen LogP contribution in [0.15, 0.2) is 47.4 Å². The Bertz CT molecular complexity index is 959. The molecular weight excluding hydrogens is 376 g/mol. The number of nitrogens with zero attached hydrogens (tertiary/aromatic N) is 1. The number of primary sulfonamides is 1. The predicted octanol–water partition coefficient (Wildman–Crippen LogP) is 1.69. The van der Waals surface area contributed by atoms with Gasteiger partial charge in [-0.2, -0.15) is 0 Å². The SMILES string of the molecule is COc1ccc([N+](=O)[O-])cc1NC(=O)[C@@H](C)Nc1ccc(S(N)(=O)=O)cc1. The summed E-state index contributed by atoms with van der Waals surface area (Å²) in [7, 11) is -2.42. The highest BCUT2D eigenvalue weighted by molar-refractivity contribution is 7.89. The lowest BCUT2D eigenvalue weighted by Crippen LogP contribution is -2.32. The van der Waals surface area contributed by atoms with Gasteiger partial charge in [-0.15, -0.1) is 0 Å². The van der Waals surface area contributed by atoms with E-state index in [1.54, 1.807) is 6.92 Å². The van der Waals surface area contributed by atoms with Gasteiger partial charge < -0.3 is 15.4 Å². The number of nitrogens with one attached hydrogen (secondary N) is 2. The molecule has 0 unspecified atom stereocenters. The van der Waals surface area contributed by atoms with Crippen LogP contribution in [0.2, 0.25) is 0 Å². The topological polar surface area (TPSA) is 154 Å². The van der Waals surface area contributed by atoms with Crippen LogP contribution in [-0.4, -0.2) is 32.4 Å². The molecular formula is C16H18N4O6S. The molecule has 10 nitrogen and oxygen atoms in total. The van der Waals surface area contributed by atoms with Crippen molar-refractivity contribution in [2.24, 2.45) is 5.14 Å². The smallest absolute Gasteiger partial charge is 0.271 e. The number of ether oxygens (including phenoxy) is 1. The molecule has 0 aliphatic carbocycles. The first-order chi connectivity index (χ1) is 12.6. The summed E-state index contributed by atoms with van der Waals surface area (Å²) in [6, 6.07) is 8.69. The average molecular weight is 394 g/mol. The molecule has 2 aromatic rings. The number of rotatable bonds is 7. The molecule has 2 aromatic carbocycles. The molecule has 0 radical (unpaired) electrons. The van der Waals surface area contributed by atoms with Gasteiger partial charge in [0, 0.05) is 17.8 Å². The highest BCUT2D eigenvalue weighted by atomic mass is 32.2. The number of nitro benzene ring substituents is 1. The van der Waals surface area contributed by atoms with Crippen molar-refractivity contribution in [2.45, 2.75) is 17.9 Å². The second kappa shape index (κ2) is 8.01. The van der Waals surface area contributed by atoms with Gasteiger partial charge in [-0.1, -0.05) is 0 Å². The summed E-state index contributed by atoms with van der Waals surface area (Å²) in [6.07, 6.45) is 0. The van der Waals surface area contributed by atoms with Crippen molar-refractivity contribution in [1.29, 1.82) is 0 Å². The van der Waals surface area contributed by atoms with Gasteiger partial charge >= 0.3 is 0 Å². The number of nitrogens with two attached hydrogens (primary N) is 1. The molecule has 1 amide bonds. The monoisotopic (exact) mass is 394 g/mol.